The lowest BCUT2D eigenvalue weighted by atomic mass is 10.3. The predicted molar refractivity (Wildman–Crippen MR) is 49.9 cm³/mol. The second-order valence-corrected chi connectivity index (χ2v) is 2.49. The molecule has 62 valence electrons. The topological polar surface area (TPSA) is 24.1 Å². The van der Waals surface area contributed by atoms with E-state index in [0.29, 0.717) is 6.17 Å². The summed E-state index contributed by atoms with van der Waals surface area (Å²) in [5, 5.41) is 6.54. The number of hydrogen-bond donors (Lipinski definition) is 2. The van der Waals surface area contributed by atoms with Gasteiger partial charge in [0.05, 0.1) is 17.6 Å². The molecule has 11 heavy (non-hydrogen) atoms. The molecule has 0 fully saturated rings. The molecule has 2 nitrogen and oxygen atoms in total. The van der Waals surface area contributed by atoms with Crippen LogP contribution in [-0.2, 0) is 0 Å². The minimum atomic E-state index is 0. The molecule has 1 heterocycles. The molecule has 1 aliphatic rings. The Hall–Kier alpha value is -1.18. The van der Waals surface area contributed by atoms with Crippen molar-refractivity contribution in [1.82, 2.24) is 10.6 Å². The van der Waals surface area contributed by atoms with E-state index in [1.54, 1.807) is 12.2 Å². The molecule has 2 heteroatoms. The highest BCUT2D eigenvalue weighted by atomic mass is 15.2. The van der Waals surface area contributed by atoms with Crippen LogP contribution in [0.3, 0.4) is 0 Å². The number of rotatable bonds is 3. The highest BCUT2D eigenvalue weighted by Gasteiger charge is 2.15. The highest BCUT2D eigenvalue weighted by Crippen LogP contribution is 2.10. The molecular formula is C9H16N2. The molecule has 0 amide bonds. The van der Waals surface area contributed by atoms with Crippen molar-refractivity contribution in [2.45, 2.75) is 19.5 Å². The van der Waals surface area contributed by atoms with Crippen molar-refractivity contribution < 1.29 is 1.43 Å². The third-order valence-electron chi connectivity index (χ3n) is 1.77. The van der Waals surface area contributed by atoms with Gasteiger partial charge in [0, 0.05) is 1.43 Å². The largest absolute Gasteiger partial charge is 0.364 e. The first kappa shape index (κ1) is 7.92. The molecule has 0 bridgehead atoms. The average Bonchev–Trinajstić information content (AvgIpc) is 2.46. The van der Waals surface area contributed by atoms with Crippen molar-refractivity contribution in [2.75, 3.05) is 0 Å². The van der Waals surface area contributed by atoms with Crippen LogP contribution in [0, 0.1) is 0 Å². The monoisotopic (exact) mass is 152 g/mol. The Bertz CT molecular complexity index is 189. The first-order chi connectivity index (χ1) is 5.31. The molecule has 1 aliphatic heterocycles. The fourth-order valence-electron chi connectivity index (χ4n) is 1.11. The third kappa shape index (κ3) is 1.45. The maximum atomic E-state index is 3.70. The molecule has 0 aromatic carbocycles. The number of hydrogen-bond acceptors (Lipinski definition) is 2. The summed E-state index contributed by atoms with van der Waals surface area (Å²) in [5.41, 5.74) is 2.10. The van der Waals surface area contributed by atoms with Gasteiger partial charge in [0.1, 0.15) is 0 Å². The fraction of sp³-hybridized carbons (Fsp3) is 0.333. The average molecular weight is 152 g/mol. The van der Waals surface area contributed by atoms with Crippen LogP contribution in [0.15, 0.2) is 36.7 Å². The quantitative estimate of drug-likeness (QED) is 0.643. The zero-order chi connectivity index (χ0) is 8.27. The first-order valence-electron chi connectivity index (χ1n) is 3.84. The van der Waals surface area contributed by atoms with Crippen molar-refractivity contribution in [2.24, 2.45) is 0 Å². The molecular weight excluding hydrogens is 136 g/mol. The number of allylic oxidation sites excluding steroid dienone is 2. The van der Waals surface area contributed by atoms with E-state index < -0.39 is 0 Å². The van der Waals surface area contributed by atoms with Crippen LogP contribution >= 0.6 is 0 Å². The first-order valence-corrected chi connectivity index (χ1v) is 3.84. The molecule has 1 rings (SSSR count). The molecule has 0 aromatic heterocycles. The predicted octanol–water partition coefficient (Wildman–Crippen LogP) is 1.74. The van der Waals surface area contributed by atoms with Crippen LogP contribution in [0.4, 0.5) is 0 Å². The summed E-state index contributed by atoms with van der Waals surface area (Å²) < 4.78 is 0. The molecule has 2 N–H and O–H groups in total. The van der Waals surface area contributed by atoms with Crippen LogP contribution in [-0.4, -0.2) is 6.17 Å². The molecule has 0 radical (unpaired) electrons. The summed E-state index contributed by atoms with van der Waals surface area (Å²) >= 11 is 0. The summed E-state index contributed by atoms with van der Waals surface area (Å²) in [4.78, 5) is 0. The zero-order valence-corrected chi connectivity index (χ0v) is 6.85. The fourth-order valence-corrected chi connectivity index (χ4v) is 1.11. The van der Waals surface area contributed by atoms with Crippen molar-refractivity contribution in [3.05, 3.63) is 36.7 Å². The summed E-state index contributed by atoms with van der Waals surface area (Å²) in [6, 6.07) is 0. The van der Waals surface area contributed by atoms with Gasteiger partial charge in [0.25, 0.3) is 0 Å². The van der Waals surface area contributed by atoms with E-state index in [4.69, 9.17) is 0 Å². The van der Waals surface area contributed by atoms with E-state index >= 15 is 0 Å². The van der Waals surface area contributed by atoms with Crippen LogP contribution in [0.1, 0.15) is 14.8 Å². The van der Waals surface area contributed by atoms with E-state index in [1.807, 2.05) is 0 Å². The standard InChI is InChI=1S/C9H14N2.H2/c1-4-7-8(5-2)11-9(6-3)10-7;/h4-5,9-11H,1-2,6H2,3H3;1H. The number of nitrogens with one attached hydrogen (secondary N) is 2. The lowest BCUT2D eigenvalue weighted by Gasteiger charge is -2.09. The van der Waals surface area contributed by atoms with Gasteiger partial charge < -0.3 is 10.6 Å². The molecule has 0 aliphatic carbocycles. The Morgan fingerprint density at radius 1 is 1.36 bits per heavy atom. The van der Waals surface area contributed by atoms with Gasteiger partial charge in [-0.25, -0.2) is 0 Å². The Balaban J connectivity index is 0.00000121. The van der Waals surface area contributed by atoms with Crippen LogP contribution in [0.5, 0.6) is 0 Å². The summed E-state index contributed by atoms with van der Waals surface area (Å²) in [6.07, 6.45) is 5.00. The van der Waals surface area contributed by atoms with Gasteiger partial charge in [-0.05, 0) is 18.6 Å². The van der Waals surface area contributed by atoms with Crippen LogP contribution in [0.2, 0.25) is 0 Å². The smallest absolute Gasteiger partial charge is 0.0962 e. The molecule has 0 spiro atoms. The minimum Gasteiger partial charge on any atom is -0.364 e. The van der Waals surface area contributed by atoms with Gasteiger partial charge in [-0.3, -0.25) is 0 Å². The summed E-state index contributed by atoms with van der Waals surface area (Å²) in [7, 11) is 0. The van der Waals surface area contributed by atoms with Crippen LogP contribution < -0.4 is 10.6 Å². The van der Waals surface area contributed by atoms with Gasteiger partial charge in [0.15, 0.2) is 0 Å². The Kier molecular flexibility index (Phi) is 2.36. The van der Waals surface area contributed by atoms with E-state index in [0.717, 1.165) is 17.8 Å². The van der Waals surface area contributed by atoms with Crippen molar-refractivity contribution in [3.8, 4) is 0 Å². The maximum absolute atomic E-state index is 3.70. The summed E-state index contributed by atoms with van der Waals surface area (Å²) in [6.45, 7) is 9.53. The zero-order valence-electron chi connectivity index (χ0n) is 6.85. The molecule has 0 saturated heterocycles. The van der Waals surface area contributed by atoms with E-state index in [2.05, 4.69) is 30.7 Å². The van der Waals surface area contributed by atoms with E-state index in [-0.39, 0.29) is 1.43 Å². The third-order valence-corrected chi connectivity index (χ3v) is 1.77. The highest BCUT2D eigenvalue weighted by molar-refractivity contribution is 5.33. The molecule has 0 unspecified atom stereocenters. The maximum Gasteiger partial charge on any atom is 0.0962 e. The van der Waals surface area contributed by atoms with Gasteiger partial charge in [0.2, 0.25) is 0 Å². The minimum absolute atomic E-state index is 0. The van der Waals surface area contributed by atoms with Crippen molar-refractivity contribution in [3.63, 3.8) is 0 Å². The molecule has 0 aromatic rings. The molecule has 0 atom stereocenters. The SMILES string of the molecule is C=CC1=C(C=C)NC(CC)N1.[HH]. The Morgan fingerprint density at radius 3 is 2.09 bits per heavy atom. The van der Waals surface area contributed by atoms with Crippen molar-refractivity contribution in [1.29, 1.82) is 0 Å². The van der Waals surface area contributed by atoms with Gasteiger partial charge in [-0.1, -0.05) is 20.1 Å². The Morgan fingerprint density at radius 2 is 1.82 bits per heavy atom. The van der Waals surface area contributed by atoms with Gasteiger partial charge >= 0.3 is 0 Å². The van der Waals surface area contributed by atoms with Gasteiger partial charge in [-0.2, -0.15) is 0 Å². The van der Waals surface area contributed by atoms with Crippen molar-refractivity contribution >= 4 is 0 Å². The normalized spacial score (nSPS) is 17.5. The van der Waals surface area contributed by atoms with E-state index in [1.165, 1.54) is 0 Å². The lowest BCUT2D eigenvalue weighted by Crippen LogP contribution is -2.31. The molecule has 0 saturated carbocycles. The van der Waals surface area contributed by atoms with Gasteiger partial charge in [-0.15, -0.1) is 0 Å². The second-order valence-electron chi connectivity index (χ2n) is 2.49. The van der Waals surface area contributed by atoms with E-state index in [9.17, 15) is 0 Å². The second kappa shape index (κ2) is 3.28. The summed E-state index contributed by atoms with van der Waals surface area (Å²) in [5.74, 6) is 0. The Labute approximate surface area is 69.2 Å². The van der Waals surface area contributed by atoms with Crippen LogP contribution in [0.25, 0.3) is 0 Å². The lowest BCUT2D eigenvalue weighted by molar-refractivity contribution is 0.542.